The van der Waals surface area contributed by atoms with Gasteiger partial charge in [-0.05, 0) is 24.1 Å². The number of aromatic nitrogens is 2. The molecule has 0 spiro atoms. The summed E-state index contributed by atoms with van der Waals surface area (Å²) in [5, 5.41) is 1.08. The van der Waals surface area contributed by atoms with Gasteiger partial charge in [-0.15, -0.1) is 0 Å². The molecule has 0 atom stereocenters. The van der Waals surface area contributed by atoms with Gasteiger partial charge in [0.05, 0.1) is 11.0 Å². The summed E-state index contributed by atoms with van der Waals surface area (Å²) in [7, 11) is 1.52. The highest BCUT2D eigenvalue weighted by Gasteiger charge is 2.06. The van der Waals surface area contributed by atoms with Gasteiger partial charge in [0.25, 0.3) is 0 Å². The van der Waals surface area contributed by atoms with Crippen molar-refractivity contribution in [3.8, 4) is 0 Å². The van der Waals surface area contributed by atoms with Crippen LogP contribution in [0.2, 0.25) is 0 Å². The minimum Gasteiger partial charge on any atom is -0.306 e. The van der Waals surface area contributed by atoms with Gasteiger partial charge in [0.15, 0.2) is 0 Å². The number of carbonyl (C=O) groups excluding carboxylic acids is 1. The fraction of sp³-hybridized carbons (Fsp3) is 0.273. The molecule has 0 fully saturated rings. The molecule has 4 N–H and O–H groups in total. The lowest BCUT2D eigenvalue weighted by Gasteiger charge is -2.09. The fourth-order valence-electron chi connectivity index (χ4n) is 1.66. The summed E-state index contributed by atoms with van der Waals surface area (Å²) in [5.74, 6) is 5.21. The summed E-state index contributed by atoms with van der Waals surface area (Å²) in [4.78, 5) is 27.7. The first-order valence-electron chi connectivity index (χ1n) is 5.28. The van der Waals surface area contributed by atoms with Gasteiger partial charge in [0, 0.05) is 13.5 Å². The Hall–Kier alpha value is -2.08. The van der Waals surface area contributed by atoms with E-state index < -0.39 is 0 Å². The molecule has 1 aromatic heterocycles. The molecule has 2 rings (SSSR count). The first kappa shape index (κ1) is 11.4. The average Bonchev–Trinajstić information content (AvgIpc) is 2.64. The number of nitrogens with one attached hydrogen (secondary N) is 2. The molecule has 6 heteroatoms. The molecule has 90 valence electrons. The smallest absolute Gasteiger partial charge is 0.306 e. The Morgan fingerprint density at radius 2 is 2.06 bits per heavy atom. The Morgan fingerprint density at radius 1 is 1.35 bits per heavy atom. The number of hydrogen-bond donors (Lipinski definition) is 3. The highest BCUT2D eigenvalue weighted by Crippen LogP contribution is 2.11. The van der Waals surface area contributed by atoms with Crippen molar-refractivity contribution in [2.75, 3.05) is 7.05 Å². The number of H-pyrrole nitrogens is 2. The molecule has 0 unspecified atom stereocenters. The van der Waals surface area contributed by atoms with Gasteiger partial charge in [-0.3, -0.25) is 9.80 Å². The summed E-state index contributed by atoms with van der Waals surface area (Å²) in [6, 6.07) is 5.56. The number of hydrazine groups is 1. The second-order valence-corrected chi connectivity index (χ2v) is 3.96. The van der Waals surface area contributed by atoms with Gasteiger partial charge >= 0.3 is 5.69 Å². The highest BCUT2D eigenvalue weighted by molar-refractivity contribution is 5.77. The third-order valence-corrected chi connectivity index (χ3v) is 2.60. The average molecular weight is 234 g/mol. The van der Waals surface area contributed by atoms with Crippen LogP contribution in [0.1, 0.15) is 12.0 Å². The molecule has 0 saturated carbocycles. The lowest BCUT2D eigenvalue weighted by atomic mass is 10.1. The highest BCUT2D eigenvalue weighted by atomic mass is 16.2. The molecule has 0 radical (unpaired) electrons. The van der Waals surface area contributed by atoms with Crippen LogP contribution in [-0.4, -0.2) is 27.9 Å². The van der Waals surface area contributed by atoms with Crippen LogP contribution in [0.15, 0.2) is 23.0 Å². The fourth-order valence-corrected chi connectivity index (χ4v) is 1.66. The summed E-state index contributed by atoms with van der Waals surface area (Å²) in [6.07, 6.45) is 0.955. The number of amides is 1. The normalized spacial score (nSPS) is 10.7. The van der Waals surface area contributed by atoms with E-state index in [0.717, 1.165) is 21.6 Å². The molecule has 0 bridgehead atoms. The van der Waals surface area contributed by atoms with Crippen molar-refractivity contribution in [3.63, 3.8) is 0 Å². The predicted molar refractivity (Wildman–Crippen MR) is 64.2 cm³/mol. The molecule has 0 aliphatic carbocycles. The number of imidazole rings is 1. The minimum atomic E-state index is -0.227. The zero-order valence-electron chi connectivity index (χ0n) is 9.49. The molecule has 0 saturated heterocycles. The first-order valence-corrected chi connectivity index (χ1v) is 5.28. The second-order valence-electron chi connectivity index (χ2n) is 3.96. The van der Waals surface area contributed by atoms with Crippen LogP contribution in [0.25, 0.3) is 11.0 Å². The van der Waals surface area contributed by atoms with E-state index in [-0.39, 0.29) is 11.6 Å². The number of nitrogens with zero attached hydrogens (tertiary/aromatic N) is 1. The van der Waals surface area contributed by atoms with E-state index in [2.05, 4.69) is 9.97 Å². The van der Waals surface area contributed by atoms with Crippen LogP contribution in [-0.2, 0) is 11.2 Å². The van der Waals surface area contributed by atoms with E-state index in [9.17, 15) is 9.59 Å². The number of benzene rings is 1. The molecule has 1 amide bonds. The molecule has 0 aliphatic heterocycles. The van der Waals surface area contributed by atoms with E-state index in [1.165, 1.54) is 7.05 Å². The van der Waals surface area contributed by atoms with E-state index in [4.69, 9.17) is 5.84 Å². The van der Waals surface area contributed by atoms with E-state index >= 15 is 0 Å². The van der Waals surface area contributed by atoms with Crippen molar-refractivity contribution in [2.24, 2.45) is 5.84 Å². The van der Waals surface area contributed by atoms with Crippen molar-refractivity contribution >= 4 is 16.9 Å². The van der Waals surface area contributed by atoms with Crippen LogP contribution < -0.4 is 11.5 Å². The Bertz CT molecular complexity index is 597. The molecule has 0 aliphatic rings. The van der Waals surface area contributed by atoms with Gasteiger partial charge in [-0.2, -0.15) is 0 Å². The Labute approximate surface area is 97.4 Å². The SMILES string of the molecule is CN(N)C(=O)CCc1ccc2[nH]c(=O)[nH]c2c1. The number of fused-ring (bicyclic) bond motifs is 1. The van der Waals surface area contributed by atoms with Crippen molar-refractivity contribution in [2.45, 2.75) is 12.8 Å². The number of aromatic amines is 2. The quantitative estimate of drug-likeness (QED) is 0.400. The molecule has 17 heavy (non-hydrogen) atoms. The topological polar surface area (TPSA) is 95.0 Å². The third-order valence-electron chi connectivity index (χ3n) is 2.60. The molecule has 6 nitrogen and oxygen atoms in total. The Morgan fingerprint density at radius 3 is 2.76 bits per heavy atom. The van der Waals surface area contributed by atoms with Crippen LogP contribution in [0.3, 0.4) is 0 Å². The monoisotopic (exact) mass is 234 g/mol. The van der Waals surface area contributed by atoms with Crippen LogP contribution in [0.4, 0.5) is 0 Å². The van der Waals surface area contributed by atoms with Gasteiger partial charge in [0.1, 0.15) is 0 Å². The predicted octanol–water partition coefficient (Wildman–Crippen LogP) is 0.121. The molecular formula is C11H14N4O2. The first-order chi connectivity index (χ1) is 8.06. The number of nitrogens with two attached hydrogens (primary N) is 1. The van der Waals surface area contributed by atoms with Gasteiger partial charge in [-0.25, -0.2) is 10.6 Å². The maximum Gasteiger partial charge on any atom is 0.323 e. The molecule has 1 aromatic carbocycles. The number of rotatable bonds is 3. The molecule has 1 heterocycles. The zero-order chi connectivity index (χ0) is 12.4. The second kappa shape index (κ2) is 4.42. The Kier molecular flexibility index (Phi) is 2.97. The van der Waals surface area contributed by atoms with Crippen molar-refractivity contribution in [3.05, 3.63) is 34.2 Å². The van der Waals surface area contributed by atoms with E-state index in [1.54, 1.807) is 0 Å². The zero-order valence-corrected chi connectivity index (χ0v) is 9.49. The standard InChI is InChI=1S/C11H14N4O2/c1-15(12)10(16)5-3-7-2-4-8-9(6-7)14-11(17)13-8/h2,4,6H,3,5,12H2,1H3,(H2,13,14,17). The maximum atomic E-state index is 11.3. The van der Waals surface area contributed by atoms with Crippen LogP contribution in [0, 0.1) is 0 Å². The van der Waals surface area contributed by atoms with Crippen molar-refractivity contribution in [1.82, 2.24) is 15.0 Å². The minimum absolute atomic E-state index is 0.118. The van der Waals surface area contributed by atoms with Gasteiger partial charge in [-0.1, -0.05) is 6.07 Å². The maximum absolute atomic E-state index is 11.3. The summed E-state index contributed by atoms with van der Waals surface area (Å²) < 4.78 is 0. The largest absolute Gasteiger partial charge is 0.323 e. The number of aryl methyl sites for hydroxylation is 1. The van der Waals surface area contributed by atoms with Crippen molar-refractivity contribution in [1.29, 1.82) is 0 Å². The summed E-state index contributed by atoms with van der Waals surface area (Å²) >= 11 is 0. The lowest BCUT2D eigenvalue weighted by molar-refractivity contribution is -0.130. The third kappa shape index (κ3) is 2.54. The number of carbonyl (C=O) groups is 1. The Balaban J connectivity index is 2.14. The summed E-state index contributed by atoms with van der Waals surface area (Å²) in [6.45, 7) is 0. The molecule has 2 aromatic rings. The lowest BCUT2D eigenvalue weighted by Crippen LogP contribution is -2.33. The van der Waals surface area contributed by atoms with Crippen LogP contribution in [0.5, 0.6) is 0 Å². The van der Waals surface area contributed by atoms with Gasteiger partial charge < -0.3 is 9.97 Å². The van der Waals surface area contributed by atoms with Crippen LogP contribution >= 0.6 is 0 Å². The van der Waals surface area contributed by atoms with Gasteiger partial charge in [0.2, 0.25) is 5.91 Å². The number of hydrogen-bond acceptors (Lipinski definition) is 3. The van der Waals surface area contributed by atoms with E-state index in [0.29, 0.717) is 12.8 Å². The van der Waals surface area contributed by atoms with E-state index in [1.807, 2.05) is 18.2 Å². The summed E-state index contributed by atoms with van der Waals surface area (Å²) in [5.41, 5.74) is 2.28. The molecular weight excluding hydrogens is 220 g/mol. The van der Waals surface area contributed by atoms with Crippen molar-refractivity contribution < 1.29 is 4.79 Å².